The minimum atomic E-state index is -3.68. The number of halogens is 3. The fourth-order valence-electron chi connectivity index (χ4n) is 0.571. The first-order valence-electron chi connectivity index (χ1n) is 2.66. The SMILES string of the molecule is O=S(=O)(Cl)c1cncc(Br)c1I. The first-order chi connectivity index (χ1) is 5.43. The van der Waals surface area contributed by atoms with Gasteiger partial charge in [0.1, 0.15) is 4.90 Å². The van der Waals surface area contributed by atoms with Gasteiger partial charge in [0, 0.05) is 23.1 Å². The summed E-state index contributed by atoms with van der Waals surface area (Å²) in [5, 5.41) is 0. The van der Waals surface area contributed by atoms with Gasteiger partial charge in [-0.15, -0.1) is 0 Å². The van der Waals surface area contributed by atoms with E-state index in [1.165, 1.54) is 12.4 Å². The predicted molar refractivity (Wildman–Crippen MR) is 57.7 cm³/mol. The van der Waals surface area contributed by atoms with E-state index in [1.807, 2.05) is 22.6 Å². The van der Waals surface area contributed by atoms with E-state index in [4.69, 9.17) is 10.7 Å². The second-order valence-electron chi connectivity index (χ2n) is 1.87. The molecule has 7 heteroatoms. The summed E-state index contributed by atoms with van der Waals surface area (Å²) in [4.78, 5) is 3.72. The highest BCUT2D eigenvalue weighted by atomic mass is 127. The Hall–Kier alpha value is 0.600. The molecule has 0 aliphatic heterocycles. The van der Waals surface area contributed by atoms with Crippen molar-refractivity contribution in [2.24, 2.45) is 0 Å². The molecule has 0 saturated carbocycles. The van der Waals surface area contributed by atoms with Crippen molar-refractivity contribution in [2.75, 3.05) is 0 Å². The van der Waals surface area contributed by atoms with Crippen molar-refractivity contribution in [2.45, 2.75) is 4.90 Å². The highest BCUT2D eigenvalue weighted by molar-refractivity contribution is 14.1. The average molecular weight is 382 g/mol. The van der Waals surface area contributed by atoms with E-state index in [2.05, 4.69) is 20.9 Å². The number of pyridine rings is 1. The van der Waals surface area contributed by atoms with Gasteiger partial charge in [-0.3, -0.25) is 4.98 Å². The fraction of sp³-hybridized carbons (Fsp3) is 0. The summed E-state index contributed by atoms with van der Waals surface area (Å²) in [7, 11) is 1.46. The zero-order valence-electron chi connectivity index (χ0n) is 5.46. The number of aromatic nitrogens is 1. The van der Waals surface area contributed by atoms with Crippen molar-refractivity contribution >= 4 is 58.3 Å². The van der Waals surface area contributed by atoms with Crippen molar-refractivity contribution in [1.29, 1.82) is 0 Å². The average Bonchev–Trinajstić information content (AvgIpc) is 1.92. The molecule has 1 heterocycles. The predicted octanol–water partition coefficient (Wildman–Crippen LogP) is 2.38. The van der Waals surface area contributed by atoms with E-state index in [-0.39, 0.29) is 4.90 Å². The van der Waals surface area contributed by atoms with Gasteiger partial charge in [-0.05, 0) is 38.5 Å². The van der Waals surface area contributed by atoms with E-state index in [0.29, 0.717) is 8.04 Å². The van der Waals surface area contributed by atoms with Gasteiger partial charge in [0.2, 0.25) is 0 Å². The van der Waals surface area contributed by atoms with Gasteiger partial charge in [-0.25, -0.2) is 8.42 Å². The van der Waals surface area contributed by atoms with Crippen LogP contribution in [-0.4, -0.2) is 13.4 Å². The van der Waals surface area contributed by atoms with Crippen molar-refractivity contribution in [1.82, 2.24) is 4.98 Å². The third-order valence-corrected chi connectivity index (χ3v) is 5.27. The van der Waals surface area contributed by atoms with Gasteiger partial charge >= 0.3 is 0 Å². The van der Waals surface area contributed by atoms with E-state index in [9.17, 15) is 8.42 Å². The van der Waals surface area contributed by atoms with E-state index in [1.54, 1.807) is 0 Å². The van der Waals surface area contributed by atoms with Crippen LogP contribution in [0.4, 0.5) is 0 Å². The summed E-state index contributed by atoms with van der Waals surface area (Å²) in [6, 6.07) is 0. The molecule has 1 rings (SSSR count). The van der Waals surface area contributed by atoms with Crippen LogP contribution in [0.15, 0.2) is 21.8 Å². The van der Waals surface area contributed by atoms with Crippen molar-refractivity contribution in [3.8, 4) is 0 Å². The molecule has 0 saturated heterocycles. The quantitative estimate of drug-likeness (QED) is 0.554. The Bertz CT molecular complexity index is 408. The Balaban J connectivity index is 3.47. The third kappa shape index (κ3) is 2.30. The lowest BCUT2D eigenvalue weighted by Gasteiger charge is -1.99. The van der Waals surface area contributed by atoms with Crippen LogP contribution in [0.5, 0.6) is 0 Å². The van der Waals surface area contributed by atoms with Crippen LogP contribution in [0.3, 0.4) is 0 Å². The van der Waals surface area contributed by atoms with Gasteiger partial charge in [0.05, 0.1) is 8.04 Å². The first kappa shape index (κ1) is 10.7. The maximum absolute atomic E-state index is 10.9. The largest absolute Gasteiger partial charge is 0.263 e. The summed E-state index contributed by atoms with van der Waals surface area (Å²) >= 11 is 5.03. The molecule has 0 amide bonds. The minimum Gasteiger partial charge on any atom is -0.262 e. The lowest BCUT2D eigenvalue weighted by Crippen LogP contribution is -1.95. The molecule has 3 nitrogen and oxygen atoms in total. The Kier molecular flexibility index (Phi) is 3.35. The number of hydrogen-bond donors (Lipinski definition) is 0. The summed E-state index contributed by atoms with van der Waals surface area (Å²) in [5.41, 5.74) is 0. The van der Waals surface area contributed by atoms with E-state index >= 15 is 0 Å². The van der Waals surface area contributed by atoms with E-state index < -0.39 is 9.05 Å². The van der Waals surface area contributed by atoms with Crippen molar-refractivity contribution < 1.29 is 8.42 Å². The lowest BCUT2D eigenvalue weighted by atomic mass is 10.5. The van der Waals surface area contributed by atoms with Gasteiger partial charge in [-0.2, -0.15) is 0 Å². The Morgan fingerprint density at radius 3 is 2.50 bits per heavy atom. The molecule has 0 fully saturated rings. The summed E-state index contributed by atoms with van der Waals surface area (Å²) in [6.45, 7) is 0. The second kappa shape index (κ2) is 3.77. The smallest absolute Gasteiger partial charge is 0.262 e. The molecule has 0 spiro atoms. The number of nitrogens with zero attached hydrogens (tertiary/aromatic N) is 1. The molecule has 0 N–H and O–H groups in total. The molecule has 66 valence electrons. The molecule has 0 radical (unpaired) electrons. The first-order valence-corrected chi connectivity index (χ1v) is 6.84. The fourth-order valence-corrected chi connectivity index (χ4v) is 3.43. The van der Waals surface area contributed by atoms with Crippen LogP contribution in [0, 0.1) is 3.57 Å². The zero-order chi connectivity index (χ0) is 9.35. The number of rotatable bonds is 1. The van der Waals surface area contributed by atoms with Crippen LogP contribution in [-0.2, 0) is 9.05 Å². The van der Waals surface area contributed by atoms with Crippen LogP contribution in [0.1, 0.15) is 0 Å². The summed E-state index contributed by atoms with van der Waals surface area (Å²) < 4.78 is 23.0. The number of hydrogen-bond acceptors (Lipinski definition) is 3. The molecule has 0 aliphatic rings. The van der Waals surface area contributed by atoms with Gasteiger partial charge in [0.25, 0.3) is 9.05 Å². The van der Waals surface area contributed by atoms with Crippen LogP contribution < -0.4 is 0 Å². The molecule has 0 unspecified atom stereocenters. The zero-order valence-corrected chi connectivity index (χ0v) is 10.8. The normalized spacial score (nSPS) is 11.6. The second-order valence-corrected chi connectivity index (χ2v) is 6.34. The maximum Gasteiger partial charge on any atom is 0.263 e. The molecular formula is C5H2BrClINO2S. The molecule has 0 aliphatic carbocycles. The Morgan fingerprint density at radius 1 is 1.50 bits per heavy atom. The molecule has 0 atom stereocenters. The molecule has 1 aromatic heterocycles. The molecular weight excluding hydrogens is 380 g/mol. The van der Waals surface area contributed by atoms with E-state index in [0.717, 1.165) is 0 Å². The van der Waals surface area contributed by atoms with Crippen LogP contribution >= 0.6 is 49.2 Å². The minimum absolute atomic E-state index is 0.0270. The van der Waals surface area contributed by atoms with Gasteiger partial charge in [-0.1, -0.05) is 0 Å². The summed E-state index contributed by atoms with van der Waals surface area (Å²) in [6.07, 6.45) is 2.72. The monoisotopic (exact) mass is 381 g/mol. The molecule has 1 aromatic rings. The highest BCUT2D eigenvalue weighted by Gasteiger charge is 2.16. The Morgan fingerprint density at radius 2 is 2.08 bits per heavy atom. The topological polar surface area (TPSA) is 47.0 Å². The van der Waals surface area contributed by atoms with Crippen LogP contribution in [0.25, 0.3) is 0 Å². The summed E-state index contributed by atoms with van der Waals surface area (Å²) in [5.74, 6) is 0. The Labute approximate surface area is 96.2 Å². The van der Waals surface area contributed by atoms with Gasteiger partial charge in [0.15, 0.2) is 0 Å². The standard InChI is InChI=1S/C5H2BrClINO2S/c6-3-1-9-2-4(5(3)8)12(7,10)11/h1-2H. The van der Waals surface area contributed by atoms with Crippen LogP contribution in [0.2, 0.25) is 0 Å². The van der Waals surface area contributed by atoms with Crippen molar-refractivity contribution in [3.05, 3.63) is 20.4 Å². The molecule has 12 heavy (non-hydrogen) atoms. The maximum atomic E-state index is 10.9. The lowest BCUT2D eigenvalue weighted by molar-refractivity contribution is 0.608. The third-order valence-electron chi connectivity index (χ3n) is 1.07. The van der Waals surface area contributed by atoms with Crippen molar-refractivity contribution in [3.63, 3.8) is 0 Å². The van der Waals surface area contributed by atoms with Gasteiger partial charge < -0.3 is 0 Å². The molecule has 0 bridgehead atoms. The molecule has 0 aromatic carbocycles. The highest BCUT2D eigenvalue weighted by Crippen LogP contribution is 2.26.